The largest absolute Gasteiger partial charge is 0.360 e. The molecule has 21 heavy (non-hydrogen) atoms. The fourth-order valence-electron chi connectivity index (χ4n) is 2.44. The zero-order valence-corrected chi connectivity index (χ0v) is 13.7. The van der Waals surface area contributed by atoms with E-state index in [0.29, 0.717) is 10.9 Å². The number of hydrogen-bond acceptors (Lipinski definition) is 6. The van der Waals surface area contributed by atoms with E-state index in [1.807, 2.05) is 0 Å². The number of rotatable bonds is 7. The van der Waals surface area contributed by atoms with Crippen molar-refractivity contribution in [2.75, 3.05) is 38.0 Å². The van der Waals surface area contributed by atoms with E-state index in [0.717, 1.165) is 57.1 Å². The van der Waals surface area contributed by atoms with Crippen molar-refractivity contribution in [2.24, 2.45) is 5.92 Å². The molecular formula is C14H25N5OS. The van der Waals surface area contributed by atoms with E-state index in [2.05, 4.69) is 39.6 Å². The Kier molecular flexibility index (Phi) is 6.38. The summed E-state index contributed by atoms with van der Waals surface area (Å²) >= 11 is 1.32. The number of hydrogen-bond donors (Lipinski definition) is 2. The molecule has 0 bridgehead atoms. The van der Waals surface area contributed by atoms with Crippen molar-refractivity contribution in [1.82, 2.24) is 20.4 Å². The van der Waals surface area contributed by atoms with Crippen molar-refractivity contribution in [3.8, 4) is 0 Å². The minimum atomic E-state index is -0.102. The van der Waals surface area contributed by atoms with E-state index in [4.69, 9.17) is 0 Å². The van der Waals surface area contributed by atoms with E-state index in [-0.39, 0.29) is 5.91 Å². The fraction of sp³-hybridized carbons (Fsp3) is 0.786. The summed E-state index contributed by atoms with van der Waals surface area (Å²) in [5.74, 6) is 0.484. The molecular weight excluding hydrogens is 286 g/mol. The number of likely N-dealkylation sites (tertiary alicyclic amines) is 1. The lowest BCUT2D eigenvalue weighted by molar-refractivity contribution is 0.0936. The van der Waals surface area contributed by atoms with Crippen molar-refractivity contribution >= 4 is 22.4 Å². The van der Waals surface area contributed by atoms with Gasteiger partial charge in [-0.25, -0.2) is 0 Å². The minimum absolute atomic E-state index is 0.102. The molecule has 2 heterocycles. The van der Waals surface area contributed by atoms with Crippen LogP contribution in [0.2, 0.25) is 0 Å². The lowest BCUT2D eigenvalue weighted by atomic mass is 9.97. The second-order valence-electron chi connectivity index (χ2n) is 5.43. The predicted octanol–water partition coefficient (Wildman–Crippen LogP) is 1.82. The van der Waals surface area contributed by atoms with Crippen molar-refractivity contribution in [2.45, 2.75) is 33.1 Å². The van der Waals surface area contributed by atoms with Gasteiger partial charge in [0.25, 0.3) is 5.91 Å². The van der Waals surface area contributed by atoms with E-state index in [9.17, 15) is 4.79 Å². The van der Waals surface area contributed by atoms with Gasteiger partial charge in [0.2, 0.25) is 10.1 Å². The summed E-state index contributed by atoms with van der Waals surface area (Å²) in [5, 5.41) is 15.2. The van der Waals surface area contributed by atoms with E-state index in [1.165, 1.54) is 11.3 Å². The molecule has 0 unspecified atom stereocenters. The number of anilines is 1. The van der Waals surface area contributed by atoms with Crippen LogP contribution >= 0.6 is 11.3 Å². The van der Waals surface area contributed by atoms with Crippen LogP contribution in [-0.4, -0.2) is 53.7 Å². The monoisotopic (exact) mass is 311 g/mol. The summed E-state index contributed by atoms with van der Waals surface area (Å²) in [6.07, 6.45) is 3.35. The Morgan fingerprint density at radius 1 is 1.33 bits per heavy atom. The standard InChI is InChI=1S/C14H25N5OS/c1-3-7-15-14-18-17-13(21-14)12(20)16-10-11-5-8-19(4-2)9-6-11/h11H,3-10H2,1-2H3,(H,15,18)(H,16,20). The van der Waals surface area contributed by atoms with Gasteiger partial charge < -0.3 is 15.5 Å². The number of nitrogens with one attached hydrogen (secondary N) is 2. The van der Waals surface area contributed by atoms with Crippen LogP contribution in [0.25, 0.3) is 0 Å². The predicted molar refractivity (Wildman–Crippen MR) is 85.9 cm³/mol. The Morgan fingerprint density at radius 2 is 2.10 bits per heavy atom. The number of aromatic nitrogens is 2. The Labute approximate surface area is 130 Å². The van der Waals surface area contributed by atoms with Gasteiger partial charge >= 0.3 is 0 Å². The lowest BCUT2D eigenvalue weighted by Crippen LogP contribution is -2.38. The number of carbonyl (C=O) groups excluding carboxylic acids is 1. The maximum atomic E-state index is 12.1. The van der Waals surface area contributed by atoms with Crippen molar-refractivity contribution < 1.29 is 4.79 Å². The third-order valence-electron chi connectivity index (χ3n) is 3.85. The van der Waals surface area contributed by atoms with Crippen LogP contribution < -0.4 is 10.6 Å². The summed E-state index contributed by atoms with van der Waals surface area (Å²) in [5.41, 5.74) is 0. The first-order valence-corrected chi connectivity index (χ1v) is 8.62. The first-order valence-electron chi connectivity index (χ1n) is 7.80. The fourth-order valence-corrected chi connectivity index (χ4v) is 3.12. The van der Waals surface area contributed by atoms with Gasteiger partial charge in [-0.2, -0.15) is 0 Å². The summed E-state index contributed by atoms with van der Waals surface area (Å²) < 4.78 is 0. The summed E-state index contributed by atoms with van der Waals surface area (Å²) in [6, 6.07) is 0. The van der Waals surface area contributed by atoms with Crippen LogP contribution in [0.15, 0.2) is 0 Å². The molecule has 1 aliphatic rings. The van der Waals surface area contributed by atoms with E-state index >= 15 is 0 Å². The zero-order valence-electron chi connectivity index (χ0n) is 12.9. The first-order chi connectivity index (χ1) is 10.2. The lowest BCUT2D eigenvalue weighted by Gasteiger charge is -2.30. The number of nitrogens with zero attached hydrogens (tertiary/aromatic N) is 3. The van der Waals surface area contributed by atoms with Gasteiger partial charge in [0.05, 0.1) is 0 Å². The van der Waals surface area contributed by atoms with Crippen molar-refractivity contribution in [3.05, 3.63) is 5.01 Å². The molecule has 118 valence electrons. The highest BCUT2D eigenvalue weighted by Gasteiger charge is 2.19. The molecule has 2 rings (SSSR count). The molecule has 0 spiro atoms. The Hall–Kier alpha value is -1.21. The Balaban J connectivity index is 1.73. The van der Waals surface area contributed by atoms with Gasteiger partial charge in [0.15, 0.2) is 0 Å². The van der Waals surface area contributed by atoms with Crippen LogP contribution in [0, 0.1) is 5.92 Å². The highest BCUT2D eigenvalue weighted by atomic mass is 32.1. The highest BCUT2D eigenvalue weighted by molar-refractivity contribution is 7.17. The quantitative estimate of drug-likeness (QED) is 0.804. The number of piperidine rings is 1. The van der Waals surface area contributed by atoms with Gasteiger partial charge in [0, 0.05) is 13.1 Å². The average Bonchev–Trinajstić information content (AvgIpc) is 3.00. The van der Waals surface area contributed by atoms with Gasteiger partial charge in [-0.15, -0.1) is 10.2 Å². The zero-order chi connectivity index (χ0) is 15.1. The van der Waals surface area contributed by atoms with Crippen molar-refractivity contribution in [3.63, 3.8) is 0 Å². The van der Waals surface area contributed by atoms with Crippen LogP contribution in [-0.2, 0) is 0 Å². The third-order valence-corrected chi connectivity index (χ3v) is 4.73. The van der Waals surface area contributed by atoms with E-state index < -0.39 is 0 Å². The SMILES string of the molecule is CCCNc1nnc(C(=O)NCC2CCN(CC)CC2)s1. The maximum Gasteiger partial charge on any atom is 0.282 e. The van der Waals surface area contributed by atoms with Crippen LogP contribution in [0.1, 0.15) is 42.9 Å². The van der Waals surface area contributed by atoms with Crippen LogP contribution in [0.3, 0.4) is 0 Å². The number of amides is 1. The molecule has 1 fully saturated rings. The molecule has 7 heteroatoms. The molecule has 1 aromatic heterocycles. The second-order valence-corrected chi connectivity index (χ2v) is 6.40. The topological polar surface area (TPSA) is 70.1 Å². The molecule has 6 nitrogen and oxygen atoms in total. The third kappa shape index (κ3) is 4.93. The van der Waals surface area contributed by atoms with Crippen LogP contribution in [0.4, 0.5) is 5.13 Å². The molecule has 1 saturated heterocycles. The molecule has 1 aliphatic heterocycles. The summed E-state index contributed by atoms with van der Waals surface area (Å²) in [6.45, 7) is 9.28. The highest BCUT2D eigenvalue weighted by Crippen LogP contribution is 2.17. The molecule has 0 aromatic carbocycles. The Bertz CT molecular complexity index is 442. The molecule has 0 atom stereocenters. The summed E-state index contributed by atoms with van der Waals surface area (Å²) in [4.78, 5) is 14.5. The molecule has 1 amide bonds. The second kappa shape index (κ2) is 8.29. The van der Waals surface area contributed by atoms with Crippen molar-refractivity contribution in [1.29, 1.82) is 0 Å². The average molecular weight is 311 g/mol. The molecule has 2 N–H and O–H groups in total. The summed E-state index contributed by atoms with van der Waals surface area (Å²) in [7, 11) is 0. The Morgan fingerprint density at radius 3 is 2.76 bits per heavy atom. The van der Waals surface area contributed by atoms with Gasteiger partial charge in [-0.1, -0.05) is 25.2 Å². The van der Waals surface area contributed by atoms with Gasteiger partial charge in [-0.05, 0) is 44.8 Å². The maximum absolute atomic E-state index is 12.1. The first kappa shape index (κ1) is 16.2. The minimum Gasteiger partial charge on any atom is -0.360 e. The molecule has 0 radical (unpaired) electrons. The number of carbonyl (C=O) groups is 1. The molecule has 1 aromatic rings. The molecule has 0 aliphatic carbocycles. The smallest absolute Gasteiger partial charge is 0.282 e. The van der Waals surface area contributed by atoms with Gasteiger partial charge in [-0.3, -0.25) is 4.79 Å². The van der Waals surface area contributed by atoms with Gasteiger partial charge in [0.1, 0.15) is 0 Å². The molecule has 0 saturated carbocycles. The van der Waals surface area contributed by atoms with Crippen LogP contribution in [0.5, 0.6) is 0 Å². The normalized spacial score (nSPS) is 16.9. The van der Waals surface area contributed by atoms with E-state index in [1.54, 1.807) is 0 Å².